The number of carbonyl (C=O) groups is 1. The number of halogens is 1. The molecule has 5 nitrogen and oxygen atoms in total. The van der Waals surface area contributed by atoms with Crippen LogP contribution in [0.15, 0.2) is 71.6 Å². The van der Waals surface area contributed by atoms with Gasteiger partial charge in [0.25, 0.3) is 15.9 Å². The van der Waals surface area contributed by atoms with Crippen molar-refractivity contribution in [2.75, 3.05) is 0 Å². The maximum Gasteiger partial charge on any atom is 0.269 e. The number of carbonyl (C=O) groups excluding carboxylic acids is 1. The summed E-state index contributed by atoms with van der Waals surface area (Å²) in [6, 6.07) is 18.7. The summed E-state index contributed by atoms with van der Waals surface area (Å²) in [6.07, 6.45) is 0. The van der Waals surface area contributed by atoms with Crippen LogP contribution in [-0.4, -0.2) is 14.3 Å². The van der Waals surface area contributed by atoms with Crippen LogP contribution in [0.5, 0.6) is 0 Å². The minimum atomic E-state index is -4.01. The van der Waals surface area contributed by atoms with E-state index in [4.69, 9.17) is 0 Å². The van der Waals surface area contributed by atoms with Gasteiger partial charge in [-0.05, 0) is 59.4 Å². The fourth-order valence-corrected chi connectivity index (χ4v) is 3.91. The van der Waals surface area contributed by atoms with E-state index in [1.54, 1.807) is 25.1 Å². The van der Waals surface area contributed by atoms with Gasteiger partial charge < -0.3 is 0 Å². The monoisotopic (exact) mass is 426 g/mol. The Labute approximate surface area is 176 Å². The molecular weight excluding hydrogens is 403 g/mol. The van der Waals surface area contributed by atoms with E-state index in [0.29, 0.717) is 5.56 Å². The van der Waals surface area contributed by atoms with Crippen LogP contribution in [0.4, 0.5) is 4.39 Å². The summed E-state index contributed by atoms with van der Waals surface area (Å²) >= 11 is 0. The zero-order valence-electron chi connectivity index (χ0n) is 16.9. The zero-order valence-corrected chi connectivity index (χ0v) is 17.8. The first kappa shape index (κ1) is 21.7. The van der Waals surface area contributed by atoms with E-state index in [0.717, 1.165) is 11.1 Å². The number of sulfonamides is 1. The lowest BCUT2D eigenvalue weighted by molar-refractivity contribution is 0.0941. The number of rotatable bonds is 6. The van der Waals surface area contributed by atoms with E-state index in [2.05, 4.69) is 10.3 Å². The van der Waals surface area contributed by atoms with E-state index < -0.39 is 21.7 Å². The fraction of sp³-hybridized carbons (Fsp3) is 0.174. The molecule has 0 spiro atoms. The van der Waals surface area contributed by atoms with E-state index in [1.807, 2.05) is 50.2 Å². The normalized spacial score (nSPS) is 11.5. The van der Waals surface area contributed by atoms with Crippen LogP contribution in [0, 0.1) is 12.7 Å². The molecule has 2 N–H and O–H groups in total. The van der Waals surface area contributed by atoms with Crippen molar-refractivity contribution in [2.45, 2.75) is 31.6 Å². The molecule has 0 aliphatic carbocycles. The van der Waals surface area contributed by atoms with Crippen LogP contribution in [-0.2, 0) is 10.0 Å². The maximum absolute atomic E-state index is 14.6. The highest BCUT2D eigenvalue weighted by Crippen LogP contribution is 2.25. The summed E-state index contributed by atoms with van der Waals surface area (Å²) in [7, 11) is -4.01. The van der Waals surface area contributed by atoms with Crippen LogP contribution < -0.4 is 10.3 Å². The summed E-state index contributed by atoms with van der Waals surface area (Å²) in [5.74, 6) is -1.43. The summed E-state index contributed by atoms with van der Waals surface area (Å²) in [5.41, 5.74) is 4.49. The van der Waals surface area contributed by atoms with Gasteiger partial charge >= 0.3 is 0 Å². The largest absolute Gasteiger partial charge is 0.273 e. The minimum absolute atomic E-state index is 0.0173. The van der Waals surface area contributed by atoms with Crippen molar-refractivity contribution in [1.82, 2.24) is 10.3 Å². The molecule has 156 valence electrons. The molecule has 0 atom stereocenters. The van der Waals surface area contributed by atoms with Crippen molar-refractivity contribution in [3.8, 4) is 11.1 Å². The molecule has 0 aromatic heterocycles. The lowest BCUT2D eigenvalue weighted by atomic mass is 9.99. The molecule has 3 aromatic carbocycles. The second kappa shape index (κ2) is 8.77. The van der Waals surface area contributed by atoms with E-state index in [-0.39, 0.29) is 21.9 Å². The van der Waals surface area contributed by atoms with Crippen molar-refractivity contribution in [1.29, 1.82) is 0 Å². The smallest absolute Gasteiger partial charge is 0.269 e. The van der Waals surface area contributed by atoms with Crippen molar-refractivity contribution in [3.63, 3.8) is 0 Å². The van der Waals surface area contributed by atoms with Crippen LogP contribution in [0.3, 0.4) is 0 Å². The van der Waals surface area contributed by atoms with Gasteiger partial charge in [0.05, 0.1) is 10.5 Å². The summed E-state index contributed by atoms with van der Waals surface area (Å²) < 4.78 is 39.7. The lowest BCUT2D eigenvalue weighted by Crippen LogP contribution is -2.42. The summed E-state index contributed by atoms with van der Waals surface area (Å²) in [5, 5.41) is 0. The Kier molecular flexibility index (Phi) is 6.34. The SMILES string of the molecule is Cc1cc(-c2ccccc2)cc(C(=O)NNS(=O)(=O)c2cccc(C(C)C)c2)c1F. The van der Waals surface area contributed by atoms with Crippen LogP contribution >= 0.6 is 0 Å². The number of amides is 1. The summed E-state index contributed by atoms with van der Waals surface area (Å²) in [4.78, 5) is 14.6. The van der Waals surface area contributed by atoms with Gasteiger partial charge in [-0.15, -0.1) is 4.83 Å². The standard InChI is InChI=1S/C23H23FN2O3S/c1-15(2)18-10-7-11-20(13-18)30(28,29)26-25-23(27)21-14-19(12-16(3)22(21)24)17-8-5-4-6-9-17/h4-15,26H,1-3H3,(H,25,27). The van der Waals surface area contributed by atoms with Gasteiger partial charge in [-0.25, -0.2) is 12.8 Å². The predicted molar refractivity (Wildman–Crippen MR) is 115 cm³/mol. The average Bonchev–Trinajstić information content (AvgIpc) is 2.74. The minimum Gasteiger partial charge on any atom is -0.273 e. The quantitative estimate of drug-likeness (QED) is 0.568. The van der Waals surface area contributed by atoms with Gasteiger partial charge in [0.15, 0.2) is 0 Å². The van der Waals surface area contributed by atoms with E-state index >= 15 is 0 Å². The van der Waals surface area contributed by atoms with E-state index in [9.17, 15) is 17.6 Å². The molecule has 0 aliphatic rings. The topological polar surface area (TPSA) is 75.3 Å². The Morgan fingerprint density at radius 2 is 1.63 bits per heavy atom. The Morgan fingerprint density at radius 3 is 2.30 bits per heavy atom. The molecule has 0 bridgehead atoms. The van der Waals surface area contributed by atoms with Gasteiger partial charge in [0.2, 0.25) is 0 Å². The molecule has 0 unspecified atom stereocenters. The Bertz CT molecular complexity index is 1180. The van der Waals surface area contributed by atoms with E-state index in [1.165, 1.54) is 12.1 Å². The molecule has 0 heterocycles. The zero-order chi connectivity index (χ0) is 21.9. The number of hydrogen-bond acceptors (Lipinski definition) is 3. The highest BCUT2D eigenvalue weighted by Gasteiger charge is 2.20. The van der Waals surface area contributed by atoms with Gasteiger partial charge in [0.1, 0.15) is 5.82 Å². The number of benzene rings is 3. The highest BCUT2D eigenvalue weighted by molar-refractivity contribution is 7.89. The van der Waals surface area contributed by atoms with Gasteiger partial charge in [-0.1, -0.05) is 56.3 Å². The van der Waals surface area contributed by atoms with Crippen molar-refractivity contribution in [3.05, 3.63) is 89.2 Å². The summed E-state index contributed by atoms with van der Waals surface area (Å²) in [6.45, 7) is 5.46. The number of aryl methyl sites for hydroxylation is 1. The van der Waals surface area contributed by atoms with Crippen LogP contribution in [0.25, 0.3) is 11.1 Å². The fourth-order valence-electron chi connectivity index (χ4n) is 3.01. The molecule has 30 heavy (non-hydrogen) atoms. The Balaban J connectivity index is 1.84. The highest BCUT2D eigenvalue weighted by atomic mass is 32.2. The van der Waals surface area contributed by atoms with Gasteiger partial charge in [-0.3, -0.25) is 10.2 Å². The predicted octanol–water partition coefficient (Wildman–Crippen LogP) is 4.55. The Hall–Kier alpha value is -3.03. The van der Waals surface area contributed by atoms with Gasteiger partial charge in [-0.2, -0.15) is 0 Å². The molecule has 0 saturated carbocycles. The number of hydrogen-bond donors (Lipinski definition) is 2. The third kappa shape index (κ3) is 4.75. The molecule has 7 heteroatoms. The van der Waals surface area contributed by atoms with Crippen molar-refractivity contribution >= 4 is 15.9 Å². The first-order valence-electron chi connectivity index (χ1n) is 9.46. The first-order valence-corrected chi connectivity index (χ1v) is 10.9. The third-order valence-electron chi connectivity index (χ3n) is 4.74. The lowest BCUT2D eigenvalue weighted by Gasteiger charge is -2.13. The second-order valence-electron chi connectivity index (χ2n) is 7.31. The molecule has 3 rings (SSSR count). The molecule has 3 aromatic rings. The molecule has 0 aliphatic heterocycles. The van der Waals surface area contributed by atoms with Gasteiger partial charge in [0, 0.05) is 0 Å². The molecular formula is C23H23FN2O3S. The number of nitrogens with one attached hydrogen (secondary N) is 2. The van der Waals surface area contributed by atoms with Crippen LogP contribution in [0.1, 0.15) is 41.3 Å². The average molecular weight is 427 g/mol. The van der Waals surface area contributed by atoms with Crippen molar-refractivity contribution < 1.29 is 17.6 Å². The molecule has 0 radical (unpaired) electrons. The molecule has 1 amide bonds. The molecule has 0 saturated heterocycles. The Morgan fingerprint density at radius 1 is 0.933 bits per heavy atom. The maximum atomic E-state index is 14.6. The first-order chi connectivity index (χ1) is 14.2. The third-order valence-corrected chi connectivity index (χ3v) is 5.99. The van der Waals surface area contributed by atoms with Crippen LogP contribution in [0.2, 0.25) is 0 Å². The number of hydrazine groups is 1. The van der Waals surface area contributed by atoms with Crippen molar-refractivity contribution in [2.24, 2.45) is 0 Å². The second-order valence-corrected chi connectivity index (χ2v) is 8.99. The molecule has 0 fully saturated rings.